The molecule has 0 aromatic heterocycles. The van der Waals surface area contributed by atoms with Crippen molar-refractivity contribution in [2.24, 2.45) is 5.73 Å². The standard InChI is InChI=1S/C19H23N3O/c1-23-19-8-3-7-18(12-19)15-22(10-4-9-20)14-17-6-2-5-16(11-17)13-21/h2-3,5-8,11-12H,4,9-10,14-15,20H2,1H3. The smallest absolute Gasteiger partial charge is 0.119 e. The molecular formula is C19H23N3O. The van der Waals surface area contributed by atoms with Crippen molar-refractivity contribution in [3.8, 4) is 11.8 Å². The van der Waals surface area contributed by atoms with E-state index in [2.05, 4.69) is 29.2 Å². The Morgan fingerprint density at radius 2 is 1.78 bits per heavy atom. The molecule has 2 aromatic rings. The molecule has 4 heteroatoms. The monoisotopic (exact) mass is 309 g/mol. The summed E-state index contributed by atoms with van der Waals surface area (Å²) in [6, 6.07) is 18.1. The van der Waals surface area contributed by atoms with Crippen molar-refractivity contribution in [1.82, 2.24) is 4.90 Å². The molecule has 0 unspecified atom stereocenters. The molecule has 0 saturated heterocycles. The van der Waals surface area contributed by atoms with Gasteiger partial charge in [-0.15, -0.1) is 0 Å². The molecule has 0 saturated carbocycles. The van der Waals surface area contributed by atoms with Gasteiger partial charge in [0.2, 0.25) is 0 Å². The maximum Gasteiger partial charge on any atom is 0.119 e. The summed E-state index contributed by atoms with van der Waals surface area (Å²) >= 11 is 0. The predicted octanol–water partition coefficient (Wildman–Crippen LogP) is 2.92. The van der Waals surface area contributed by atoms with Gasteiger partial charge in [-0.25, -0.2) is 0 Å². The van der Waals surface area contributed by atoms with Gasteiger partial charge < -0.3 is 10.5 Å². The van der Waals surface area contributed by atoms with Gasteiger partial charge in [0.15, 0.2) is 0 Å². The molecule has 0 aliphatic carbocycles. The molecule has 0 fully saturated rings. The lowest BCUT2D eigenvalue weighted by molar-refractivity contribution is 0.254. The average Bonchev–Trinajstić information content (AvgIpc) is 2.60. The summed E-state index contributed by atoms with van der Waals surface area (Å²) in [5, 5.41) is 9.04. The Labute approximate surface area is 138 Å². The Kier molecular flexibility index (Phi) is 6.61. The zero-order valence-corrected chi connectivity index (χ0v) is 13.5. The Bertz CT molecular complexity index is 664. The van der Waals surface area contributed by atoms with Gasteiger partial charge in [-0.05, 0) is 48.4 Å². The highest BCUT2D eigenvalue weighted by Gasteiger charge is 2.08. The minimum atomic E-state index is 0.673. The molecule has 4 nitrogen and oxygen atoms in total. The Hall–Kier alpha value is -2.35. The van der Waals surface area contributed by atoms with Crippen LogP contribution < -0.4 is 10.5 Å². The predicted molar refractivity (Wildman–Crippen MR) is 91.9 cm³/mol. The molecule has 2 N–H and O–H groups in total. The van der Waals surface area contributed by atoms with E-state index in [0.29, 0.717) is 12.1 Å². The normalized spacial score (nSPS) is 10.5. The number of hydrogen-bond acceptors (Lipinski definition) is 4. The summed E-state index contributed by atoms with van der Waals surface area (Å²) in [6.07, 6.45) is 0.946. The van der Waals surface area contributed by atoms with Crippen molar-refractivity contribution < 1.29 is 4.74 Å². The average molecular weight is 309 g/mol. The molecule has 2 aromatic carbocycles. The zero-order valence-electron chi connectivity index (χ0n) is 13.5. The van der Waals surface area contributed by atoms with E-state index >= 15 is 0 Å². The summed E-state index contributed by atoms with van der Waals surface area (Å²) in [5.74, 6) is 0.868. The molecule has 0 radical (unpaired) electrons. The van der Waals surface area contributed by atoms with E-state index in [1.54, 1.807) is 7.11 Å². The number of benzene rings is 2. The fraction of sp³-hybridized carbons (Fsp3) is 0.316. The zero-order chi connectivity index (χ0) is 16.5. The van der Waals surface area contributed by atoms with Gasteiger partial charge in [0, 0.05) is 19.6 Å². The highest BCUT2D eigenvalue weighted by atomic mass is 16.5. The van der Waals surface area contributed by atoms with E-state index in [4.69, 9.17) is 15.7 Å². The number of ether oxygens (including phenoxy) is 1. The minimum Gasteiger partial charge on any atom is -0.497 e. The molecule has 120 valence electrons. The first kappa shape index (κ1) is 17.0. The summed E-state index contributed by atoms with van der Waals surface area (Å²) in [4.78, 5) is 2.35. The number of nitrogens with zero attached hydrogens (tertiary/aromatic N) is 2. The third-order valence-electron chi connectivity index (χ3n) is 3.68. The van der Waals surface area contributed by atoms with Crippen LogP contribution in [0.25, 0.3) is 0 Å². The fourth-order valence-corrected chi connectivity index (χ4v) is 2.56. The van der Waals surface area contributed by atoms with E-state index in [1.165, 1.54) is 5.56 Å². The maximum atomic E-state index is 9.04. The second-order valence-electron chi connectivity index (χ2n) is 5.52. The molecule has 0 atom stereocenters. The van der Waals surface area contributed by atoms with Crippen LogP contribution in [0.15, 0.2) is 48.5 Å². The number of nitrogens with two attached hydrogens (primary N) is 1. The molecule has 0 heterocycles. The lowest BCUT2D eigenvalue weighted by Crippen LogP contribution is -2.25. The Balaban J connectivity index is 2.10. The maximum absolute atomic E-state index is 9.04. The lowest BCUT2D eigenvalue weighted by Gasteiger charge is -2.22. The molecule has 23 heavy (non-hydrogen) atoms. The van der Waals surface area contributed by atoms with E-state index in [1.807, 2.05) is 30.3 Å². The molecule has 0 aliphatic heterocycles. The van der Waals surface area contributed by atoms with Crippen LogP contribution in [0.3, 0.4) is 0 Å². The van der Waals surface area contributed by atoms with Crippen LogP contribution in [0.1, 0.15) is 23.1 Å². The molecule has 0 spiro atoms. The second kappa shape index (κ2) is 8.94. The lowest BCUT2D eigenvalue weighted by atomic mass is 10.1. The SMILES string of the molecule is COc1cccc(CN(CCCN)Cc2cccc(C#N)c2)c1. The van der Waals surface area contributed by atoms with Crippen LogP contribution in [0.4, 0.5) is 0 Å². The molecule has 0 bridgehead atoms. The molecule has 2 rings (SSSR count). The third-order valence-corrected chi connectivity index (χ3v) is 3.68. The topological polar surface area (TPSA) is 62.3 Å². The van der Waals surface area contributed by atoms with Crippen molar-refractivity contribution >= 4 is 0 Å². The highest BCUT2D eigenvalue weighted by molar-refractivity contribution is 5.33. The largest absolute Gasteiger partial charge is 0.497 e. The third kappa shape index (κ3) is 5.41. The summed E-state index contributed by atoms with van der Waals surface area (Å²) in [6.45, 7) is 3.22. The van der Waals surface area contributed by atoms with Gasteiger partial charge in [-0.3, -0.25) is 4.90 Å². The fourth-order valence-electron chi connectivity index (χ4n) is 2.56. The van der Waals surface area contributed by atoms with E-state index < -0.39 is 0 Å². The van der Waals surface area contributed by atoms with E-state index in [9.17, 15) is 0 Å². The van der Waals surface area contributed by atoms with Gasteiger partial charge in [0.1, 0.15) is 5.75 Å². The van der Waals surface area contributed by atoms with Crippen LogP contribution in [-0.4, -0.2) is 25.1 Å². The number of rotatable bonds is 8. The minimum absolute atomic E-state index is 0.673. The first-order valence-corrected chi connectivity index (χ1v) is 7.79. The first-order chi connectivity index (χ1) is 11.2. The number of hydrogen-bond donors (Lipinski definition) is 1. The van der Waals surface area contributed by atoms with Gasteiger partial charge in [0.05, 0.1) is 18.7 Å². The highest BCUT2D eigenvalue weighted by Crippen LogP contribution is 2.16. The van der Waals surface area contributed by atoms with Crippen LogP contribution in [0.5, 0.6) is 5.75 Å². The first-order valence-electron chi connectivity index (χ1n) is 7.79. The Morgan fingerprint density at radius 3 is 2.43 bits per heavy atom. The Morgan fingerprint density at radius 1 is 1.09 bits per heavy atom. The van der Waals surface area contributed by atoms with E-state index in [-0.39, 0.29) is 0 Å². The van der Waals surface area contributed by atoms with Crippen LogP contribution >= 0.6 is 0 Å². The van der Waals surface area contributed by atoms with Crippen molar-refractivity contribution in [2.75, 3.05) is 20.2 Å². The second-order valence-corrected chi connectivity index (χ2v) is 5.52. The van der Waals surface area contributed by atoms with Gasteiger partial charge >= 0.3 is 0 Å². The van der Waals surface area contributed by atoms with Crippen molar-refractivity contribution in [3.63, 3.8) is 0 Å². The molecular weight excluding hydrogens is 286 g/mol. The van der Waals surface area contributed by atoms with Crippen molar-refractivity contribution in [1.29, 1.82) is 5.26 Å². The van der Waals surface area contributed by atoms with Gasteiger partial charge in [-0.1, -0.05) is 24.3 Å². The van der Waals surface area contributed by atoms with Crippen molar-refractivity contribution in [3.05, 3.63) is 65.2 Å². The number of methoxy groups -OCH3 is 1. The quantitative estimate of drug-likeness (QED) is 0.814. The van der Waals surface area contributed by atoms with Crippen LogP contribution in [0, 0.1) is 11.3 Å². The number of nitriles is 1. The van der Waals surface area contributed by atoms with Gasteiger partial charge in [-0.2, -0.15) is 5.26 Å². The molecule has 0 amide bonds. The van der Waals surface area contributed by atoms with Crippen molar-refractivity contribution in [2.45, 2.75) is 19.5 Å². The molecule has 0 aliphatic rings. The summed E-state index contributed by atoms with van der Waals surface area (Å²) < 4.78 is 5.29. The summed E-state index contributed by atoms with van der Waals surface area (Å²) in [7, 11) is 1.68. The van der Waals surface area contributed by atoms with Crippen LogP contribution in [-0.2, 0) is 13.1 Å². The van der Waals surface area contributed by atoms with Gasteiger partial charge in [0.25, 0.3) is 0 Å². The summed E-state index contributed by atoms with van der Waals surface area (Å²) in [5.41, 5.74) is 8.71. The van der Waals surface area contributed by atoms with Crippen LogP contribution in [0.2, 0.25) is 0 Å². The van der Waals surface area contributed by atoms with E-state index in [0.717, 1.165) is 37.4 Å².